The van der Waals surface area contributed by atoms with Gasteiger partial charge in [-0.2, -0.15) is 0 Å². The Morgan fingerprint density at radius 2 is 1.79 bits per heavy atom. The Hall–Kier alpha value is -3.80. The number of hydrogen-bond acceptors (Lipinski definition) is 4. The van der Waals surface area contributed by atoms with E-state index in [0.717, 1.165) is 61.3 Å². The fraction of sp³-hybridized carbons (Fsp3) is 0.375. The molecule has 2 aliphatic rings. The first-order valence-electron chi connectivity index (χ1n) is 13.7. The summed E-state index contributed by atoms with van der Waals surface area (Å²) in [4.78, 5) is 36.3. The number of carbonyl (C=O) groups is 2. The molecule has 3 aromatic rings. The van der Waals surface area contributed by atoms with Crippen molar-refractivity contribution in [1.82, 2.24) is 14.9 Å². The van der Waals surface area contributed by atoms with Crippen LogP contribution < -0.4 is 0 Å². The Morgan fingerprint density at radius 3 is 2.50 bits per heavy atom. The number of nitrogens with zero attached hydrogens (tertiary/aromatic N) is 3. The molecule has 1 fully saturated rings. The van der Waals surface area contributed by atoms with E-state index in [2.05, 4.69) is 49.4 Å². The number of hydrogen-bond donors (Lipinski definition) is 1. The molecule has 1 aliphatic heterocycles. The Kier molecular flexibility index (Phi) is 7.97. The van der Waals surface area contributed by atoms with Gasteiger partial charge in [0.2, 0.25) is 0 Å². The molecule has 1 atom stereocenters. The van der Waals surface area contributed by atoms with Crippen LogP contribution in [0.15, 0.2) is 66.8 Å². The van der Waals surface area contributed by atoms with Gasteiger partial charge in [0.15, 0.2) is 0 Å². The molecule has 0 saturated carbocycles. The third-order valence-electron chi connectivity index (χ3n) is 7.68. The summed E-state index contributed by atoms with van der Waals surface area (Å²) >= 11 is 0. The zero-order valence-corrected chi connectivity index (χ0v) is 22.0. The summed E-state index contributed by atoms with van der Waals surface area (Å²) in [5.74, 6) is 0.255. The number of aromatic nitrogens is 2. The van der Waals surface area contributed by atoms with E-state index in [1.54, 1.807) is 0 Å². The molecule has 1 unspecified atom stereocenters. The molecule has 0 bridgehead atoms. The SMILES string of the molecule is CC1C=CC(c2nc3ccc(C(=O)N4CCC(c5ccccc5)CC4)cc3nc2CCCCC(=O)O)=CC1. The summed E-state index contributed by atoms with van der Waals surface area (Å²) in [7, 11) is 0. The van der Waals surface area contributed by atoms with E-state index in [0.29, 0.717) is 35.8 Å². The van der Waals surface area contributed by atoms with Gasteiger partial charge < -0.3 is 10.0 Å². The maximum absolute atomic E-state index is 13.4. The number of rotatable bonds is 8. The number of carbonyl (C=O) groups excluding carboxylic acids is 1. The zero-order valence-electron chi connectivity index (χ0n) is 22.0. The average molecular weight is 510 g/mol. The number of unbranched alkanes of at least 4 members (excludes halogenated alkanes) is 1. The molecular formula is C32H35N3O3. The first-order chi connectivity index (χ1) is 18.5. The Balaban J connectivity index is 1.36. The fourth-order valence-electron chi connectivity index (χ4n) is 5.42. The Labute approximate surface area is 224 Å². The molecular weight excluding hydrogens is 474 g/mol. The van der Waals surface area contributed by atoms with E-state index in [9.17, 15) is 9.59 Å². The normalized spacial score (nSPS) is 18.0. The van der Waals surface area contributed by atoms with Gasteiger partial charge in [0.1, 0.15) is 0 Å². The lowest BCUT2D eigenvalue weighted by Gasteiger charge is -2.32. The maximum Gasteiger partial charge on any atom is 0.303 e. The zero-order chi connectivity index (χ0) is 26.5. The van der Waals surface area contributed by atoms with Crippen LogP contribution in [-0.4, -0.2) is 44.9 Å². The van der Waals surface area contributed by atoms with Gasteiger partial charge in [0.25, 0.3) is 5.91 Å². The van der Waals surface area contributed by atoms with Gasteiger partial charge in [-0.1, -0.05) is 55.5 Å². The number of aryl methyl sites for hydroxylation is 1. The number of carboxylic acids is 1. The number of piperidine rings is 1. The smallest absolute Gasteiger partial charge is 0.303 e. The number of benzene rings is 2. The summed E-state index contributed by atoms with van der Waals surface area (Å²) < 4.78 is 0. The van der Waals surface area contributed by atoms with Gasteiger partial charge in [0.05, 0.1) is 22.4 Å². The minimum Gasteiger partial charge on any atom is -0.481 e. The van der Waals surface area contributed by atoms with Crippen molar-refractivity contribution in [2.45, 2.75) is 57.8 Å². The molecule has 2 aromatic carbocycles. The predicted molar refractivity (Wildman–Crippen MR) is 150 cm³/mol. The number of carboxylic acid groups (broad SMARTS) is 1. The summed E-state index contributed by atoms with van der Waals surface area (Å²) in [6, 6.07) is 16.2. The van der Waals surface area contributed by atoms with Crippen molar-refractivity contribution in [3.8, 4) is 0 Å². The highest BCUT2D eigenvalue weighted by Gasteiger charge is 2.25. The van der Waals surface area contributed by atoms with E-state index >= 15 is 0 Å². The Morgan fingerprint density at radius 1 is 1.00 bits per heavy atom. The lowest BCUT2D eigenvalue weighted by atomic mass is 9.89. The molecule has 6 nitrogen and oxygen atoms in total. The summed E-state index contributed by atoms with van der Waals surface area (Å²) in [5, 5.41) is 9.02. The van der Waals surface area contributed by atoms with Crippen LogP contribution in [0.4, 0.5) is 0 Å². The number of allylic oxidation sites excluding steroid dienone is 4. The second kappa shape index (κ2) is 11.7. The molecule has 0 spiro atoms. The third-order valence-corrected chi connectivity index (χ3v) is 7.68. The number of aliphatic carboxylic acids is 1. The molecule has 1 saturated heterocycles. The second-order valence-corrected chi connectivity index (χ2v) is 10.5. The van der Waals surface area contributed by atoms with Gasteiger partial charge in [-0.05, 0) is 79.7 Å². The molecule has 38 heavy (non-hydrogen) atoms. The van der Waals surface area contributed by atoms with Crippen molar-refractivity contribution in [2.24, 2.45) is 5.92 Å². The molecule has 1 N–H and O–H groups in total. The van der Waals surface area contributed by atoms with Gasteiger partial charge >= 0.3 is 5.97 Å². The third kappa shape index (κ3) is 6.01. The quantitative estimate of drug-likeness (QED) is 0.354. The molecule has 5 rings (SSSR count). The highest BCUT2D eigenvalue weighted by Crippen LogP contribution is 2.30. The average Bonchev–Trinajstić information content (AvgIpc) is 2.95. The van der Waals surface area contributed by atoms with Crippen LogP contribution in [0.1, 0.15) is 78.7 Å². The molecule has 1 amide bonds. The predicted octanol–water partition coefficient (Wildman–Crippen LogP) is 6.43. The van der Waals surface area contributed by atoms with Crippen LogP contribution in [-0.2, 0) is 11.2 Å². The minimum absolute atomic E-state index is 0.0409. The van der Waals surface area contributed by atoms with Crippen LogP contribution >= 0.6 is 0 Å². The van der Waals surface area contributed by atoms with Gasteiger partial charge in [0, 0.05) is 25.1 Å². The van der Waals surface area contributed by atoms with Crippen molar-refractivity contribution in [2.75, 3.05) is 13.1 Å². The summed E-state index contributed by atoms with van der Waals surface area (Å²) in [5.41, 5.74) is 6.25. The molecule has 0 radical (unpaired) electrons. The molecule has 1 aliphatic carbocycles. The largest absolute Gasteiger partial charge is 0.481 e. The highest BCUT2D eigenvalue weighted by molar-refractivity contribution is 5.97. The van der Waals surface area contributed by atoms with Crippen LogP contribution in [0.25, 0.3) is 16.6 Å². The van der Waals surface area contributed by atoms with E-state index < -0.39 is 5.97 Å². The molecule has 2 heterocycles. The first-order valence-corrected chi connectivity index (χ1v) is 13.7. The van der Waals surface area contributed by atoms with E-state index in [-0.39, 0.29) is 12.3 Å². The summed E-state index contributed by atoms with van der Waals surface area (Å²) in [6.45, 7) is 3.68. The van der Waals surface area contributed by atoms with E-state index in [4.69, 9.17) is 15.1 Å². The standard InChI is InChI=1S/C32H35N3O3/c1-22-11-13-25(14-12-22)31-28(9-5-6-10-30(36)37)33-29-21-26(15-16-27(29)34-31)32(38)35-19-17-24(18-20-35)23-7-3-2-4-8-23/h2-4,7-8,11,13-16,21-22,24H,5-6,9-10,12,17-20H2,1H3,(H,36,37). The van der Waals surface area contributed by atoms with Crippen LogP contribution in [0.5, 0.6) is 0 Å². The first kappa shape index (κ1) is 25.8. The number of amides is 1. The molecule has 1 aromatic heterocycles. The van der Waals surface area contributed by atoms with Crippen LogP contribution in [0, 0.1) is 5.92 Å². The van der Waals surface area contributed by atoms with E-state index in [1.807, 2.05) is 29.2 Å². The topological polar surface area (TPSA) is 83.4 Å². The Bertz CT molecular complexity index is 1370. The van der Waals surface area contributed by atoms with Crippen LogP contribution in [0.2, 0.25) is 0 Å². The fourth-order valence-corrected chi connectivity index (χ4v) is 5.42. The minimum atomic E-state index is -0.780. The lowest BCUT2D eigenvalue weighted by molar-refractivity contribution is -0.137. The summed E-state index contributed by atoms with van der Waals surface area (Å²) in [6.07, 6.45) is 11.5. The maximum atomic E-state index is 13.4. The van der Waals surface area contributed by atoms with Crippen molar-refractivity contribution in [3.05, 3.63) is 89.3 Å². The van der Waals surface area contributed by atoms with Gasteiger partial charge in [-0.15, -0.1) is 0 Å². The number of likely N-dealkylation sites (tertiary alicyclic amines) is 1. The monoisotopic (exact) mass is 509 g/mol. The van der Waals surface area contributed by atoms with Crippen molar-refractivity contribution < 1.29 is 14.7 Å². The lowest BCUT2D eigenvalue weighted by Crippen LogP contribution is -2.37. The molecule has 6 heteroatoms. The highest BCUT2D eigenvalue weighted by atomic mass is 16.4. The van der Waals surface area contributed by atoms with Crippen molar-refractivity contribution >= 4 is 28.5 Å². The van der Waals surface area contributed by atoms with Crippen LogP contribution in [0.3, 0.4) is 0 Å². The molecule has 196 valence electrons. The van der Waals surface area contributed by atoms with E-state index in [1.165, 1.54) is 5.56 Å². The number of fused-ring (bicyclic) bond motifs is 1. The van der Waals surface area contributed by atoms with Crippen molar-refractivity contribution in [3.63, 3.8) is 0 Å². The van der Waals surface area contributed by atoms with Gasteiger partial charge in [-0.25, -0.2) is 9.97 Å². The second-order valence-electron chi connectivity index (χ2n) is 10.5. The van der Waals surface area contributed by atoms with Crippen molar-refractivity contribution in [1.29, 1.82) is 0 Å². The van der Waals surface area contributed by atoms with Gasteiger partial charge in [-0.3, -0.25) is 9.59 Å².